The summed E-state index contributed by atoms with van der Waals surface area (Å²) in [6, 6.07) is 0.295. The van der Waals surface area contributed by atoms with E-state index in [4.69, 9.17) is 0 Å². The third-order valence-corrected chi connectivity index (χ3v) is 4.67. The molecule has 3 unspecified atom stereocenters. The van der Waals surface area contributed by atoms with Gasteiger partial charge in [-0.05, 0) is 37.5 Å². The van der Waals surface area contributed by atoms with Crippen LogP contribution < -0.4 is 5.32 Å². The Morgan fingerprint density at radius 3 is 2.70 bits per heavy atom. The van der Waals surface area contributed by atoms with E-state index in [1.54, 1.807) is 7.05 Å². The van der Waals surface area contributed by atoms with Crippen molar-refractivity contribution in [1.82, 2.24) is 10.2 Å². The van der Waals surface area contributed by atoms with Crippen molar-refractivity contribution in [3.8, 4) is 0 Å². The molecule has 0 aromatic carbocycles. The maximum Gasteiger partial charge on any atom is 0.246 e. The second kappa shape index (κ2) is 6.70. The lowest BCUT2D eigenvalue weighted by Crippen LogP contribution is -2.54. The molecule has 3 atom stereocenters. The van der Waals surface area contributed by atoms with Crippen LogP contribution in [0.1, 0.15) is 58.8 Å². The fraction of sp³-hybridized carbons (Fsp3) is 0.875. The van der Waals surface area contributed by atoms with Crippen LogP contribution in [-0.2, 0) is 9.59 Å². The molecule has 0 aromatic rings. The maximum atomic E-state index is 12.1. The molecule has 2 amide bonds. The minimum Gasteiger partial charge on any atom is -0.303 e. The largest absolute Gasteiger partial charge is 0.303 e. The van der Waals surface area contributed by atoms with Gasteiger partial charge >= 0.3 is 0 Å². The number of hydrogen-bond acceptors (Lipinski definition) is 3. The first-order chi connectivity index (χ1) is 9.47. The normalized spacial score (nSPS) is 32.0. The number of piperidine rings is 1. The van der Waals surface area contributed by atoms with Gasteiger partial charge in [0.15, 0.2) is 0 Å². The Morgan fingerprint density at radius 1 is 1.25 bits per heavy atom. The molecular formula is C16H28N2O2. The van der Waals surface area contributed by atoms with Gasteiger partial charge in [0.1, 0.15) is 0 Å². The number of nitrogens with one attached hydrogen (secondary N) is 1. The van der Waals surface area contributed by atoms with Gasteiger partial charge in [0.05, 0.1) is 6.04 Å². The van der Waals surface area contributed by atoms with Gasteiger partial charge < -0.3 is 5.32 Å². The number of nitrogens with zero attached hydrogens (tertiary/aromatic N) is 1. The summed E-state index contributed by atoms with van der Waals surface area (Å²) in [6.07, 6.45) is 7.36. The van der Waals surface area contributed by atoms with E-state index in [2.05, 4.69) is 19.2 Å². The molecule has 4 nitrogen and oxygen atoms in total. The number of hydrogen-bond donors (Lipinski definition) is 1. The standard InChI is InChI=1S/C16H28N2O2/c1-11(2)9-12-5-4-6-13(10-12)17-14-7-8-15(19)18(3)16(14)20/h11-14,17H,4-10H2,1-3H3. The van der Waals surface area contributed by atoms with Crippen molar-refractivity contribution in [3.63, 3.8) is 0 Å². The first kappa shape index (κ1) is 15.5. The van der Waals surface area contributed by atoms with Gasteiger partial charge in [0.2, 0.25) is 11.8 Å². The van der Waals surface area contributed by atoms with Crippen LogP contribution in [-0.4, -0.2) is 35.8 Å². The summed E-state index contributed by atoms with van der Waals surface area (Å²) in [5, 5.41) is 3.52. The Morgan fingerprint density at radius 2 is 2.00 bits per heavy atom. The molecule has 20 heavy (non-hydrogen) atoms. The van der Waals surface area contributed by atoms with E-state index in [0.717, 1.165) is 18.3 Å². The molecule has 2 rings (SSSR count). The highest BCUT2D eigenvalue weighted by molar-refractivity contribution is 6.00. The molecule has 2 fully saturated rings. The van der Waals surface area contributed by atoms with Crippen LogP contribution in [0.15, 0.2) is 0 Å². The number of rotatable bonds is 4. The fourth-order valence-corrected chi connectivity index (χ4v) is 3.68. The Hall–Kier alpha value is -0.900. The minimum atomic E-state index is -0.152. The van der Waals surface area contributed by atoms with Crippen LogP contribution in [0.3, 0.4) is 0 Å². The number of amides is 2. The maximum absolute atomic E-state index is 12.1. The third kappa shape index (κ3) is 3.81. The van der Waals surface area contributed by atoms with Gasteiger partial charge in [0.25, 0.3) is 0 Å². The molecular weight excluding hydrogens is 252 g/mol. The molecule has 0 bridgehead atoms. The quantitative estimate of drug-likeness (QED) is 0.804. The number of imide groups is 1. The van der Waals surface area contributed by atoms with Gasteiger partial charge in [0, 0.05) is 19.5 Å². The van der Waals surface area contributed by atoms with Crippen LogP contribution in [0, 0.1) is 11.8 Å². The van der Waals surface area contributed by atoms with Crippen molar-refractivity contribution >= 4 is 11.8 Å². The summed E-state index contributed by atoms with van der Waals surface area (Å²) in [7, 11) is 1.60. The van der Waals surface area contributed by atoms with E-state index in [1.165, 1.54) is 30.6 Å². The number of carbonyl (C=O) groups is 2. The van der Waals surface area contributed by atoms with Gasteiger partial charge in [-0.25, -0.2) is 0 Å². The summed E-state index contributed by atoms with van der Waals surface area (Å²) < 4.78 is 0. The Balaban J connectivity index is 1.86. The van der Waals surface area contributed by atoms with Gasteiger partial charge in [-0.1, -0.05) is 26.7 Å². The summed E-state index contributed by atoms with van der Waals surface area (Å²) in [4.78, 5) is 24.9. The first-order valence-corrected chi connectivity index (χ1v) is 8.03. The van der Waals surface area contributed by atoms with E-state index in [0.29, 0.717) is 18.9 Å². The van der Waals surface area contributed by atoms with Crippen molar-refractivity contribution < 1.29 is 9.59 Å². The van der Waals surface area contributed by atoms with Crippen LogP contribution in [0.2, 0.25) is 0 Å². The van der Waals surface area contributed by atoms with Crippen molar-refractivity contribution in [3.05, 3.63) is 0 Å². The van der Waals surface area contributed by atoms with Crippen molar-refractivity contribution in [2.75, 3.05) is 7.05 Å². The molecule has 0 radical (unpaired) electrons. The van der Waals surface area contributed by atoms with E-state index in [1.807, 2.05) is 0 Å². The van der Waals surface area contributed by atoms with E-state index >= 15 is 0 Å². The lowest BCUT2D eigenvalue weighted by Gasteiger charge is -2.35. The van der Waals surface area contributed by atoms with E-state index < -0.39 is 0 Å². The van der Waals surface area contributed by atoms with E-state index in [-0.39, 0.29) is 17.9 Å². The molecule has 114 valence electrons. The predicted molar refractivity (Wildman–Crippen MR) is 79.1 cm³/mol. The molecule has 1 saturated heterocycles. The van der Waals surface area contributed by atoms with Crippen LogP contribution >= 0.6 is 0 Å². The highest BCUT2D eigenvalue weighted by atomic mass is 16.2. The topological polar surface area (TPSA) is 49.4 Å². The summed E-state index contributed by atoms with van der Waals surface area (Å²) in [5.74, 6) is 1.44. The molecule has 0 aromatic heterocycles. The zero-order valence-electron chi connectivity index (χ0n) is 13.0. The van der Waals surface area contributed by atoms with Gasteiger partial charge in [-0.2, -0.15) is 0 Å². The lowest BCUT2D eigenvalue weighted by molar-refractivity contribution is -0.148. The molecule has 1 N–H and O–H groups in total. The van der Waals surface area contributed by atoms with Crippen LogP contribution in [0.4, 0.5) is 0 Å². The number of carbonyl (C=O) groups excluding carboxylic acids is 2. The SMILES string of the molecule is CC(C)CC1CCCC(NC2CCC(=O)N(C)C2=O)C1. The number of likely N-dealkylation sites (tertiary alicyclic amines) is 1. The first-order valence-electron chi connectivity index (χ1n) is 8.03. The summed E-state index contributed by atoms with van der Waals surface area (Å²) >= 11 is 0. The monoisotopic (exact) mass is 280 g/mol. The molecule has 4 heteroatoms. The Bertz CT molecular complexity index is 367. The summed E-state index contributed by atoms with van der Waals surface area (Å²) in [6.45, 7) is 4.56. The van der Waals surface area contributed by atoms with Crippen LogP contribution in [0.5, 0.6) is 0 Å². The predicted octanol–water partition coefficient (Wildman–Crippen LogP) is 2.33. The Kier molecular flexibility index (Phi) is 5.19. The van der Waals surface area contributed by atoms with Crippen molar-refractivity contribution in [2.45, 2.75) is 70.9 Å². The highest BCUT2D eigenvalue weighted by Crippen LogP contribution is 2.30. The molecule has 1 saturated carbocycles. The van der Waals surface area contributed by atoms with Gasteiger partial charge in [-0.15, -0.1) is 0 Å². The average molecular weight is 280 g/mol. The zero-order valence-corrected chi connectivity index (χ0v) is 13.0. The lowest BCUT2D eigenvalue weighted by atomic mass is 9.80. The Labute approximate surface area is 122 Å². The van der Waals surface area contributed by atoms with Crippen molar-refractivity contribution in [1.29, 1.82) is 0 Å². The second-order valence-corrected chi connectivity index (χ2v) is 6.91. The molecule has 0 spiro atoms. The molecule has 1 aliphatic heterocycles. The van der Waals surface area contributed by atoms with Gasteiger partial charge in [-0.3, -0.25) is 14.5 Å². The minimum absolute atomic E-state index is 0.0469. The number of likely N-dealkylation sites (N-methyl/N-ethyl adjacent to an activating group) is 1. The molecule has 2 aliphatic rings. The van der Waals surface area contributed by atoms with Crippen LogP contribution in [0.25, 0.3) is 0 Å². The molecule has 1 aliphatic carbocycles. The highest BCUT2D eigenvalue weighted by Gasteiger charge is 2.34. The second-order valence-electron chi connectivity index (χ2n) is 6.91. The van der Waals surface area contributed by atoms with Crippen molar-refractivity contribution in [2.24, 2.45) is 11.8 Å². The zero-order chi connectivity index (χ0) is 14.7. The summed E-state index contributed by atoms with van der Waals surface area (Å²) in [5.41, 5.74) is 0. The third-order valence-electron chi connectivity index (χ3n) is 4.67. The van der Waals surface area contributed by atoms with E-state index in [9.17, 15) is 9.59 Å². The average Bonchev–Trinajstić information content (AvgIpc) is 2.39. The molecule has 1 heterocycles. The fourth-order valence-electron chi connectivity index (χ4n) is 3.68. The smallest absolute Gasteiger partial charge is 0.246 e.